The average Bonchev–Trinajstić information content (AvgIpc) is 3.07. The number of hydrogen-bond donors (Lipinski definition) is 0. The van der Waals surface area contributed by atoms with E-state index in [0.29, 0.717) is 54.9 Å². The molecule has 0 heterocycles. The highest BCUT2D eigenvalue weighted by molar-refractivity contribution is 14.1. The molecule has 0 spiro atoms. The van der Waals surface area contributed by atoms with Crippen LogP contribution in [-0.4, -0.2) is 19.4 Å². The molecule has 5 saturated carbocycles. The Morgan fingerprint density at radius 3 is 1.42 bits per heavy atom. The van der Waals surface area contributed by atoms with E-state index >= 15 is 0 Å². The van der Waals surface area contributed by atoms with Gasteiger partial charge in [0.15, 0.2) is 0 Å². The summed E-state index contributed by atoms with van der Waals surface area (Å²) in [6.45, 7) is 0. The third-order valence-corrected chi connectivity index (χ3v) is 11.5. The molecule has 0 aromatic rings. The number of fused-ring (bicyclic) bond motifs is 6. The van der Waals surface area contributed by atoms with Crippen LogP contribution in [0.5, 0.6) is 0 Å². The van der Waals surface area contributed by atoms with Gasteiger partial charge in [0.25, 0.3) is 0 Å². The van der Waals surface area contributed by atoms with Crippen LogP contribution >= 0.6 is 45.2 Å². The first-order valence-corrected chi connectivity index (χ1v) is 12.5. The lowest BCUT2D eigenvalue weighted by atomic mass is 9.65. The molecule has 5 rings (SSSR count). The maximum atomic E-state index is 13.3. The Morgan fingerprint density at radius 2 is 1.00 bits per heavy atom. The Balaban J connectivity index is 1.55. The number of rotatable bonds is 0. The summed E-state index contributed by atoms with van der Waals surface area (Å²) in [5, 5.41) is 0. The quantitative estimate of drug-likeness (QED) is 0.318. The van der Waals surface area contributed by atoms with Gasteiger partial charge in [-0.1, -0.05) is 70.9 Å². The molecule has 24 heavy (non-hydrogen) atoms. The second kappa shape index (κ2) is 6.16. The third kappa shape index (κ3) is 2.16. The number of Topliss-reactive ketones (excluding diaryl/α,β-unsaturated/α-hetero) is 2. The van der Waals surface area contributed by atoms with Gasteiger partial charge in [-0.25, -0.2) is 0 Å². The molecular weight excluding hydrogens is 526 g/mol. The fourth-order valence-electron chi connectivity index (χ4n) is 7.44. The molecule has 10 unspecified atom stereocenters. The standard InChI is InChI=1S/C20H26I2O2/c21-17-13-9-5-1-3-7-11(9)19(23)15(13)18(22)14-10-6-2-4-8-12(10)20(24)16(14)17/h9-18H,1-8H2. The van der Waals surface area contributed by atoms with Gasteiger partial charge in [-0.15, -0.1) is 0 Å². The number of carbonyl (C=O) groups is 2. The molecule has 2 nitrogen and oxygen atoms in total. The van der Waals surface area contributed by atoms with Crippen molar-refractivity contribution >= 4 is 56.7 Å². The average molecular weight is 552 g/mol. The van der Waals surface area contributed by atoms with E-state index in [4.69, 9.17) is 0 Å². The van der Waals surface area contributed by atoms with Crippen LogP contribution in [-0.2, 0) is 9.59 Å². The van der Waals surface area contributed by atoms with Crippen LogP contribution in [0.2, 0.25) is 0 Å². The van der Waals surface area contributed by atoms with Crippen LogP contribution in [0.25, 0.3) is 0 Å². The van der Waals surface area contributed by atoms with E-state index in [1.165, 1.54) is 38.5 Å². The molecule has 5 aliphatic rings. The summed E-state index contributed by atoms with van der Waals surface area (Å²) in [5.74, 6) is 4.54. The van der Waals surface area contributed by atoms with Crippen molar-refractivity contribution in [2.45, 2.75) is 59.2 Å². The van der Waals surface area contributed by atoms with Gasteiger partial charge in [-0.3, -0.25) is 9.59 Å². The van der Waals surface area contributed by atoms with E-state index < -0.39 is 0 Å². The molecule has 0 amide bonds. The van der Waals surface area contributed by atoms with Gasteiger partial charge in [0.05, 0.1) is 0 Å². The topological polar surface area (TPSA) is 34.1 Å². The van der Waals surface area contributed by atoms with Crippen LogP contribution in [0, 0.1) is 47.3 Å². The molecule has 0 N–H and O–H groups in total. The molecule has 0 radical (unpaired) electrons. The highest BCUT2D eigenvalue weighted by Crippen LogP contribution is 2.64. The van der Waals surface area contributed by atoms with Gasteiger partial charge in [0.2, 0.25) is 0 Å². The Hall–Kier alpha value is 0.800. The fourth-order valence-corrected chi connectivity index (χ4v) is 11.1. The van der Waals surface area contributed by atoms with E-state index in [1.807, 2.05) is 0 Å². The molecule has 5 aliphatic carbocycles. The minimum Gasteiger partial charge on any atom is -0.299 e. The summed E-state index contributed by atoms with van der Waals surface area (Å²) < 4.78 is 0.831. The number of ketones is 2. The zero-order valence-electron chi connectivity index (χ0n) is 14.0. The van der Waals surface area contributed by atoms with E-state index in [2.05, 4.69) is 45.2 Å². The maximum Gasteiger partial charge on any atom is 0.140 e. The maximum absolute atomic E-state index is 13.3. The third-order valence-electron chi connectivity index (χ3n) is 8.27. The van der Waals surface area contributed by atoms with Crippen molar-refractivity contribution in [3.05, 3.63) is 0 Å². The second-order valence-corrected chi connectivity index (χ2v) is 11.9. The van der Waals surface area contributed by atoms with Crippen LogP contribution in [0.1, 0.15) is 51.4 Å². The van der Waals surface area contributed by atoms with Gasteiger partial charge in [0, 0.05) is 31.5 Å². The molecule has 4 heteroatoms. The number of halogens is 2. The molecule has 132 valence electrons. The van der Waals surface area contributed by atoms with Crippen LogP contribution in [0.15, 0.2) is 0 Å². The Morgan fingerprint density at radius 1 is 0.625 bits per heavy atom. The normalized spacial score (nSPS) is 56.4. The lowest BCUT2D eigenvalue weighted by molar-refractivity contribution is -0.128. The van der Waals surface area contributed by atoms with E-state index in [1.54, 1.807) is 0 Å². The lowest BCUT2D eigenvalue weighted by Gasteiger charge is -2.45. The van der Waals surface area contributed by atoms with Gasteiger partial charge in [-0.05, 0) is 49.4 Å². The molecule has 0 aromatic heterocycles. The monoisotopic (exact) mass is 552 g/mol. The summed E-state index contributed by atoms with van der Waals surface area (Å²) in [6, 6.07) is 0. The van der Waals surface area contributed by atoms with Crippen molar-refractivity contribution in [1.29, 1.82) is 0 Å². The smallest absolute Gasteiger partial charge is 0.140 e. The van der Waals surface area contributed by atoms with Crippen molar-refractivity contribution in [3.8, 4) is 0 Å². The largest absolute Gasteiger partial charge is 0.299 e. The molecular formula is C20H26I2O2. The van der Waals surface area contributed by atoms with Crippen LogP contribution in [0.4, 0.5) is 0 Å². The number of hydrogen-bond acceptors (Lipinski definition) is 2. The highest BCUT2D eigenvalue weighted by Gasteiger charge is 2.66. The minimum atomic E-state index is 0.260. The molecule has 0 saturated heterocycles. The van der Waals surface area contributed by atoms with E-state index in [-0.39, 0.29) is 11.8 Å². The number of alkyl halides is 2. The Labute approximate surface area is 171 Å². The van der Waals surface area contributed by atoms with Crippen LogP contribution < -0.4 is 0 Å². The van der Waals surface area contributed by atoms with E-state index in [0.717, 1.165) is 12.8 Å². The summed E-state index contributed by atoms with van der Waals surface area (Å²) in [6.07, 6.45) is 9.77. The van der Waals surface area contributed by atoms with Gasteiger partial charge >= 0.3 is 0 Å². The lowest BCUT2D eigenvalue weighted by Crippen LogP contribution is -2.50. The first-order valence-electron chi connectivity index (χ1n) is 9.97. The second-order valence-electron chi connectivity index (χ2n) is 9.01. The molecule has 0 aromatic carbocycles. The van der Waals surface area contributed by atoms with Crippen LogP contribution in [0.3, 0.4) is 0 Å². The first kappa shape index (κ1) is 16.9. The van der Waals surface area contributed by atoms with Gasteiger partial charge < -0.3 is 0 Å². The van der Waals surface area contributed by atoms with Crippen molar-refractivity contribution in [1.82, 2.24) is 0 Å². The van der Waals surface area contributed by atoms with E-state index in [9.17, 15) is 9.59 Å². The highest BCUT2D eigenvalue weighted by atomic mass is 127. The van der Waals surface area contributed by atoms with Crippen molar-refractivity contribution < 1.29 is 9.59 Å². The zero-order chi connectivity index (χ0) is 16.6. The predicted molar refractivity (Wildman–Crippen MR) is 110 cm³/mol. The summed E-state index contributed by atoms with van der Waals surface area (Å²) in [7, 11) is 0. The number of carbonyl (C=O) groups excluding carboxylic acids is 2. The first-order chi connectivity index (χ1) is 11.6. The molecule has 0 bridgehead atoms. The molecule has 10 atom stereocenters. The predicted octanol–water partition coefficient (Wildman–Crippen LogP) is 4.85. The van der Waals surface area contributed by atoms with Crippen molar-refractivity contribution in [2.24, 2.45) is 47.3 Å². The summed E-state index contributed by atoms with van der Waals surface area (Å²) in [4.78, 5) is 26.5. The molecule has 0 aliphatic heterocycles. The van der Waals surface area contributed by atoms with Gasteiger partial charge in [-0.2, -0.15) is 0 Å². The fraction of sp³-hybridized carbons (Fsp3) is 0.900. The van der Waals surface area contributed by atoms with Gasteiger partial charge in [0.1, 0.15) is 11.6 Å². The van der Waals surface area contributed by atoms with Crippen molar-refractivity contribution in [2.75, 3.05) is 0 Å². The summed E-state index contributed by atoms with van der Waals surface area (Å²) >= 11 is 5.22. The molecule has 5 fully saturated rings. The zero-order valence-corrected chi connectivity index (χ0v) is 18.3. The van der Waals surface area contributed by atoms with Crippen molar-refractivity contribution in [3.63, 3.8) is 0 Å². The Kier molecular flexibility index (Phi) is 4.35. The summed E-state index contributed by atoms with van der Waals surface area (Å²) in [5.41, 5.74) is 0. The SMILES string of the molecule is O=C1C2CCCCC2C2C(I)C3C(=O)C4CCCCC4C3C(I)C12. The Bertz CT molecular complexity index is 526. The minimum absolute atomic E-state index is 0.260.